The summed E-state index contributed by atoms with van der Waals surface area (Å²) in [5, 5.41) is 8.83. The van der Waals surface area contributed by atoms with Crippen molar-refractivity contribution in [3.8, 4) is 0 Å². The van der Waals surface area contributed by atoms with E-state index in [1.54, 1.807) is 0 Å². The molecule has 7 heteroatoms. The van der Waals surface area contributed by atoms with Gasteiger partial charge in [-0.25, -0.2) is 4.79 Å². The van der Waals surface area contributed by atoms with E-state index in [0.717, 1.165) is 4.90 Å². The van der Waals surface area contributed by atoms with Crippen LogP contribution >= 0.6 is 0 Å². The number of hydrogen-bond acceptors (Lipinski definition) is 3. The fraction of sp³-hybridized carbons (Fsp3) is 0.300. The van der Waals surface area contributed by atoms with Crippen molar-refractivity contribution in [3.05, 3.63) is 24.0 Å². The number of primary amides is 1. The lowest BCUT2D eigenvalue weighted by Gasteiger charge is -2.16. The summed E-state index contributed by atoms with van der Waals surface area (Å²) in [4.78, 5) is 34.2. The van der Waals surface area contributed by atoms with Crippen LogP contribution in [0.3, 0.4) is 0 Å². The van der Waals surface area contributed by atoms with Crippen LogP contribution < -0.4 is 5.73 Å². The second-order valence-corrected chi connectivity index (χ2v) is 3.54. The maximum absolute atomic E-state index is 11.6. The van der Waals surface area contributed by atoms with Gasteiger partial charge in [-0.05, 0) is 12.1 Å². The van der Waals surface area contributed by atoms with Crippen LogP contribution in [0.15, 0.2) is 18.3 Å². The Morgan fingerprint density at radius 1 is 1.47 bits per heavy atom. The number of carboxylic acids is 1. The first kappa shape index (κ1) is 12.8. The van der Waals surface area contributed by atoms with Crippen molar-refractivity contribution < 1.29 is 19.5 Å². The number of aromatic nitrogens is 1. The van der Waals surface area contributed by atoms with E-state index in [0.29, 0.717) is 0 Å². The topological polar surface area (TPSA) is 106 Å². The zero-order valence-corrected chi connectivity index (χ0v) is 9.29. The first-order valence-electron chi connectivity index (χ1n) is 4.82. The summed E-state index contributed by atoms with van der Waals surface area (Å²) in [7, 11) is 1.43. The summed E-state index contributed by atoms with van der Waals surface area (Å²) in [6.07, 6.45) is 1.49. The highest BCUT2D eigenvalue weighted by Gasteiger charge is 2.15. The Labute approximate surface area is 97.4 Å². The van der Waals surface area contributed by atoms with Gasteiger partial charge in [0.15, 0.2) is 0 Å². The minimum absolute atomic E-state index is 0.0193. The fourth-order valence-corrected chi connectivity index (χ4v) is 1.33. The third-order valence-corrected chi connectivity index (χ3v) is 2.17. The number of carbonyl (C=O) groups is 3. The maximum Gasteiger partial charge on any atom is 0.352 e. The Balaban J connectivity index is 2.71. The predicted octanol–water partition coefficient (Wildman–Crippen LogP) is -0.870. The Morgan fingerprint density at radius 3 is 2.65 bits per heavy atom. The van der Waals surface area contributed by atoms with Gasteiger partial charge in [-0.2, -0.15) is 0 Å². The molecule has 92 valence electrons. The number of hydrogen-bond donors (Lipinski definition) is 2. The zero-order chi connectivity index (χ0) is 13.0. The Bertz CT molecular complexity index is 452. The van der Waals surface area contributed by atoms with Crippen molar-refractivity contribution in [3.63, 3.8) is 0 Å². The van der Waals surface area contributed by atoms with E-state index in [1.807, 2.05) is 0 Å². The largest absolute Gasteiger partial charge is 0.477 e. The van der Waals surface area contributed by atoms with Crippen LogP contribution in [0.2, 0.25) is 0 Å². The van der Waals surface area contributed by atoms with Gasteiger partial charge in [-0.15, -0.1) is 0 Å². The minimum atomic E-state index is -1.11. The number of carboxylic acid groups (broad SMARTS) is 1. The first-order chi connectivity index (χ1) is 7.91. The Morgan fingerprint density at radius 2 is 2.12 bits per heavy atom. The van der Waals surface area contributed by atoms with E-state index < -0.39 is 11.9 Å². The molecule has 1 rings (SSSR count). The molecular formula is C10H13N3O4. The molecule has 17 heavy (non-hydrogen) atoms. The van der Waals surface area contributed by atoms with Gasteiger partial charge < -0.3 is 20.3 Å². The predicted molar refractivity (Wildman–Crippen MR) is 58.2 cm³/mol. The van der Waals surface area contributed by atoms with Crippen LogP contribution in [0.4, 0.5) is 0 Å². The van der Waals surface area contributed by atoms with E-state index in [9.17, 15) is 14.4 Å². The van der Waals surface area contributed by atoms with Gasteiger partial charge in [0.25, 0.3) is 0 Å². The maximum atomic E-state index is 11.6. The van der Waals surface area contributed by atoms with Crippen LogP contribution in [0.5, 0.6) is 0 Å². The number of nitrogens with zero attached hydrogens (tertiary/aromatic N) is 2. The normalized spacial score (nSPS) is 9.94. The SMILES string of the molecule is CN(CC(N)=O)C(=O)Cn1cccc1C(=O)O. The molecule has 7 nitrogen and oxygen atoms in total. The molecule has 0 radical (unpaired) electrons. The van der Waals surface area contributed by atoms with Crippen molar-refractivity contribution >= 4 is 17.8 Å². The van der Waals surface area contributed by atoms with Crippen LogP contribution in [-0.4, -0.2) is 45.9 Å². The lowest BCUT2D eigenvalue weighted by Crippen LogP contribution is -2.37. The van der Waals surface area contributed by atoms with Crippen LogP contribution in [0.25, 0.3) is 0 Å². The van der Waals surface area contributed by atoms with Gasteiger partial charge in [0.1, 0.15) is 12.2 Å². The van der Waals surface area contributed by atoms with Crippen molar-refractivity contribution in [2.24, 2.45) is 5.73 Å². The van der Waals surface area contributed by atoms with E-state index >= 15 is 0 Å². The zero-order valence-electron chi connectivity index (χ0n) is 9.29. The van der Waals surface area contributed by atoms with Crippen molar-refractivity contribution in [1.82, 2.24) is 9.47 Å². The molecule has 3 N–H and O–H groups in total. The molecule has 0 aliphatic rings. The summed E-state index contributed by atoms with van der Waals surface area (Å²) in [5.74, 6) is -2.12. The number of nitrogens with two attached hydrogens (primary N) is 1. The summed E-state index contributed by atoms with van der Waals surface area (Å²) in [6, 6.07) is 2.93. The molecule has 0 spiro atoms. The Kier molecular flexibility index (Phi) is 3.86. The summed E-state index contributed by atoms with van der Waals surface area (Å²) in [5.41, 5.74) is 4.97. The van der Waals surface area contributed by atoms with Crippen molar-refractivity contribution in [2.75, 3.05) is 13.6 Å². The smallest absolute Gasteiger partial charge is 0.352 e. The number of carbonyl (C=O) groups excluding carboxylic acids is 2. The Hall–Kier alpha value is -2.31. The standard InChI is InChI=1S/C10H13N3O4/c1-12(5-8(11)14)9(15)6-13-4-2-3-7(13)10(16)17/h2-4H,5-6H2,1H3,(H2,11,14)(H,16,17). The van der Waals surface area contributed by atoms with E-state index in [1.165, 1.54) is 29.9 Å². The molecular weight excluding hydrogens is 226 g/mol. The van der Waals surface area contributed by atoms with Crippen molar-refractivity contribution in [2.45, 2.75) is 6.54 Å². The van der Waals surface area contributed by atoms with Gasteiger partial charge in [-0.3, -0.25) is 9.59 Å². The number of likely N-dealkylation sites (N-methyl/N-ethyl adjacent to an activating group) is 1. The van der Waals surface area contributed by atoms with Gasteiger partial charge in [0, 0.05) is 13.2 Å². The molecule has 1 heterocycles. The molecule has 0 saturated heterocycles. The lowest BCUT2D eigenvalue weighted by atomic mass is 10.4. The number of aromatic carboxylic acids is 1. The molecule has 0 fully saturated rings. The monoisotopic (exact) mass is 239 g/mol. The van der Waals surface area contributed by atoms with E-state index in [4.69, 9.17) is 10.8 Å². The van der Waals surface area contributed by atoms with Crippen molar-refractivity contribution in [1.29, 1.82) is 0 Å². The lowest BCUT2D eigenvalue weighted by molar-refractivity contribution is -0.134. The second kappa shape index (κ2) is 5.15. The molecule has 0 aliphatic heterocycles. The third kappa shape index (κ3) is 3.33. The molecule has 1 aromatic rings. The summed E-state index contributed by atoms with van der Waals surface area (Å²) in [6.45, 7) is -0.332. The fourth-order valence-electron chi connectivity index (χ4n) is 1.33. The quantitative estimate of drug-likeness (QED) is 0.696. The molecule has 2 amide bonds. The average Bonchev–Trinajstić information content (AvgIpc) is 2.64. The van der Waals surface area contributed by atoms with E-state index in [2.05, 4.69) is 0 Å². The second-order valence-electron chi connectivity index (χ2n) is 3.54. The first-order valence-corrected chi connectivity index (χ1v) is 4.82. The summed E-state index contributed by atoms with van der Waals surface area (Å²) < 4.78 is 1.29. The van der Waals surface area contributed by atoms with Crippen LogP contribution in [0, 0.1) is 0 Å². The van der Waals surface area contributed by atoms with Crippen LogP contribution in [0.1, 0.15) is 10.5 Å². The average molecular weight is 239 g/mol. The van der Waals surface area contributed by atoms with Crippen LogP contribution in [-0.2, 0) is 16.1 Å². The number of rotatable bonds is 5. The highest BCUT2D eigenvalue weighted by Crippen LogP contribution is 2.03. The molecule has 0 bridgehead atoms. The van der Waals surface area contributed by atoms with Gasteiger partial charge in [0.2, 0.25) is 11.8 Å². The molecule has 0 atom stereocenters. The van der Waals surface area contributed by atoms with E-state index in [-0.39, 0.29) is 24.7 Å². The number of amides is 2. The molecule has 0 unspecified atom stereocenters. The molecule has 0 saturated carbocycles. The van der Waals surface area contributed by atoms with Gasteiger partial charge >= 0.3 is 5.97 Å². The highest BCUT2D eigenvalue weighted by molar-refractivity contribution is 5.87. The molecule has 0 aliphatic carbocycles. The molecule has 1 aromatic heterocycles. The minimum Gasteiger partial charge on any atom is -0.477 e. The third-order valence-electron chi connectivity index (χ3n) is 2.17. The van der Waals surface area contributed by atoms with Gasteiger partial charge in [-0.1, -0.05) is 0 Å². The highest BCUT2D eigenvalue weighted by atomic mass is 16.4. The van der Waals surface area contributed by atoms with Gasteiger partial charge in [0.05, 0.1) is 6.54 Å². The molecule has 0 aromatic carbocycles. The summed E-state index contributed by atoms with van der Waals surface area (Å²) >= 11 is 0.